The number of hydrogen-bond acceptors (Lipinski definition) is 5. The molecule has 174 valence electrons. The first-order valence-corrected chi connectivity index (χ1v) is 11.2. The summed E-state index contributed by atoms with van der Waals surface area (Å²) < 4.78 is 32.6. The second-order valence-corrected chi connectivity index (χ2v) is 9.39. The van der Waals surface area contributed by atoms with Crippen molar-refractivity contribution in [2.24, 2.45) is 0 Å². The zero-order valence-electron chi connectivity index (χ0n) is 18.1. The zero-order chi connectivity index (χ0) is 22.8. The van der Waals surface area contributed by atoms with E-state index in [4.69, 9.17) is 4.74 Å². The summed E-state index contributed by atoms with van der Waals surface area (Å²) >= 11 is 0. The normalized spacial score (nSPS) is 31.4. The molecule has 5 nitrogen and oxygen atoms in total. The molecular formula is C25H31F2NO4. The van der Waals surface area contributed by atoms with E-state index in [2.05, 4.69) is 12.1 Å². The molecule has 0 bridgehead atoms. The van der Waals surface area contributed by atoms with Crippen LogP contribution in [0.5, 0.6) is 5.75 Å². The van der Waals surface area contributed by atoms with Gasteiger partial charge in [-0.2, -0.15) is 0 Å². The van der Waals surface area contributed by atoms with Gasteiger partial charge in [0.1, 0.15) is 18.0 Å². The van der Waals surface area contributed by atoms with Gasteiger partial charge in [-0.05, 0) is 55.7 Å². The van der Waals surface area contributed by atoms with Crippen LogP contribution >= 0.6 is 0 Å². The Morgan fingerprint density at radius 2 is 1.72 bits per heavy atom. The summed E-state index contributed by atoms with van der Waals surface area (Å²) in [5.74, 6) is -1.25. The molecule has 2 fully saturated rings. The number of rotatable bonds is 6. The number of ether oxygens (including phenoxy) is 1. The Bertz CT molecular complexity index is 904. The molecule has 0 unspecified atom stereocenters. The van der Waals surface area contributed by atoms with Crippen molar-refractivity contribution in [3.63, 3.8) is 0 Å². The van der Waals surface area contributed by atoms with E-state index in [1.807, 2.05) is 23.1 Å². The Morgan fingerprint density at radius 3 is 2.44 bits per heavy atom. The Morgan fingerprint density at radius 1 is 1.00 bits per heavy atom. The van der Waals surface area contributed by atoms with Crippen molar-refractivity contribution in [3.05, 3.63) is 65.7 Å². The molecule has 1 aliphatic carbocycles. The number of β-amino-alcohol motifs (C(OH)–C–C–N with tert-alkyl or cyclic N) is 2. The second-order valence-electron chi connectivity index (χ2n) is 9.39. The quantitative estimate of drug-likeness (QED) is 0.634. The third-order valence-electron chi connectivity index (χ3n) is 6.91. The molecule has 2 aromatic carbocycles. The number of benzene rings is 2. The molecule has 0 spiro atoms. The van der Waals surface area contributed by atoms with Crippen LogP contribution < -0.4 is 4.74 Å². The number of halogens is 2. The van der Waals surface area contributed by atoms with Gasteiger partial charge in [0.25, 0.3) is 0 Å². The van der Waals surface area contributed by atoms with Crippen LogP contribution in [0.25, 0.3) is 0 Å². The van der Waals surface area contributed by atoms with E-state index in [0.717, 1.165) is 31.0 Å². The molecule has 3 N–H and O–H groups in total. The molecule has 32 heavy (non-hydrogen) atoms. The second kappa shape index (κ2) is 9.43. The van der Waals surface area contributed by atoms with E-state index in [9.17, 15) is 24.1 Å². The van der Waals surface area contributed by atoms with Crippen LogP contribution in [0.2, 0.25) is 0 Å². The molecule has 1 aliphatic heterocycles. The third-order valence-corrected chi connectivity index (χ3v) is 6.91. The number of hydrogen-bond donors (Lipinski definition) is 3. The van der Waals surface area contributed by atoms with E-state index in [-0.39, 0.29) is 18.9 Å². The molecule has 2 aliphatic rings. The number of aliphatic hydroxyl groups excluding tert-OH is 1. The Kier molecular flexibility index (Phi) is 6.81. The highest BCUT2D eigenvalue weighted by Crippen LogP contribution is 2.39. The predicted molar refractivity (Wildman–Crippen MR) is 116 cm³/mol. The highest BCUT2D eigenvalue weighted by Gasteiger charge is 2.44. The van der Waals surface area contributed by atoms with Crippen molar-refractivity contribution in [2.45, 2.75) is 55.3 Å². The summed E-state index contributed by atoms with van der Waals surface area (Å²) in [5.41, 5.74) is -1.20. The molecule has 1 saturated carbocycles. The van der Waals surface area contributed by atoms with Crippen LogP contribution in [0, 0.1) is 11.6 Å². The molecule has 2 atom stereocenters. The van der Waals surface area contributed by atoms with E-state index in [0.29, 0.717) is 38.3 Å². The lowest BCUT2D eigenvalue weighted by Gasteiger charge is -2.46. The highest BCUT2D eigenvalue weighted by molar-refractivity contribution is 5.25. The molecule has 4 rings (SSSR count). The summed E-state index contributed by atoms with van der Waals surface area (Å²) in [4.78, 5) is 1.93. The number of nitrogens with zero attached hydrogens (tertiary/aromatic N) is 1. The highest BCUT2D eigenvalue weighted by atomic mass is 19.1. The number of likely N-dealkylation sites (tertiary alicyclic amines) is 1. The van der Waals surface area contributed by atoms with Crippen molar-refractivity contribution in [1.82, 2.24) is 4.90 Å². The zero-order valence-corrected chi connectivity index (χ0v) is 18.1. The van der Waals surface area contributed by atoms with E-state index < -0.39 is 28.9 Å². The van der Waals surface area contributed by atoms with E-state index in [1.165, 1.54) is 5.56 Å². The standard InChI is InChI=1S/C25H31F2NO4/c26-20-6-7-21(27)22(14-20)32-17-25(31)16-28(13-10-23(25)29)15-24(30)11-8-19(9-12-24)18-4-2-1-3-5-18/h1-7,14,19,23,29-31H,8-13,15-17H2/t19?,23-,24?,25-/m0/s1. The summed E-state index contributed by atoms with van der Waals surface area (Å²) in [6, 6.07) is 13.2. The molecule has 1 saturated heterocycles. The van der Waals surface area contributed by atoms with Gasteiger partial charge in [0.05, 0.1) is 11.7 Å². The fraction of sp³-hybridized carbons (Fsp3) is 0.520. The molecule has 7 heteroatoms. The number of piperidine rings is 1. The first kappa shape index (κ1) is 23.1. The van der Waals surface area contributed by atoms with Gasteiger partial charge in [0, 0.05) is 25.7 Å². The van der Waals surface area contributed by atoms with E-state index in [1.54, 1.807) is 0 Å². The maximum atomic E-state index is 13.9. The minimum Gasteiger partial charge on any atom is -0.487 e. The van der Waals surface area contributed by atoms with Crippen molar-refractivity contribution in [2.75, 3.05) is 26.2 Å². The molecule has 1 heterocycles. The van der Waals surface area contributed by atoms with Gasteiger partial charge in [-0.25, -0.2) is 8.78 Å². The molecule has 2 aromatic rings. The largest absolute Gasteiger partial charge is 0.487 e. The Labute approximate surface area is 187 Å². The maximum absolute atomic E-state index is 13.9. The summed E-state index contributed by atoms with van der Waals surface area (Å²) in [6.07, 6.45) is 2.35. The number of aliphatic hydroxyl groups is 3. The Hall–Kier alpha value is -2.06. The van der Waals surface area contributed by atoms with Gasteiger partial charge in [0.15, 0.2) is 11.6 Å². The lowest BCUT2D eigenvalue weighted by molar-refractivity contribution is -0.150. The first-order valence-electron chi connectivity index (χ1n) is 11.2. The van der Waals surface area contributed by atoms with Gasteiger partial charge >= 0.3 is 0 Å². The van der Waals surface area contributed by atoms with Gasteiger partial charge in [-0.3, -0.25) is 4.90 Å². The summed E-state index contributed by atoms with van der Waals surface area (Å²) in [6.45, 7) is 0.620. The Balaban J connectivity index is 1.35. The van der Waals surface area contributed by atoms with Crippen molar-refractivity contribution >= 4 is 0 Å². The first-order chi connectivity index (χ1) is 15.3. The molecule has 0 radical (unpaired) electrons. The molecule has 0 aromatic heterocycles. The van der Waals surface area contributed by atoms with Crippen LogP contribution in [0.3, 0.4) is 0 Å². The van der Waals surface area contributed by atoms with Crippen LogP contribution in [0.1, 0.15) is 43.6 Å². The lowest BCUT2D eigenvalue weighted by atomic mass is 9.75. The van der Waals surface area contributed by atoms with Crippen molar-refractivity contribution in [3.8, 4) is 5.75 Å². The van der Waals surface area contributed by atoms with Crippen LogP contribution in [0.4, 0.5) is 8.78 Å². The smallest absolute Gasteiger partial charge is 0.165 e. The van der Waals surface area contributed by atoms with Crippen molar-refractivity contribution < 1.29 is 28.8 Å². The average molecular weight is 448 g/mol. The summed E-state index contributed by atoms with van der Waals surface area (Å²) in [7, 11) is 0. The molecule has 0 amide bonds. The fourth-order valence-electron chi connectivity index (χ4n) is 5.00. The van der Waals surface area contributed by atoms with Gasteiger partial charge in [0.2, 0.25) is 0 Å². The van der Waals surface area contributed by atoms with Gasteiger partial charge in [-0.1, -0.05) is 30.3 Å². The molecular weight excluding hydrogens is 416 g/mol. The van der Waals surface area contributed by atoms with Crippen LogP contribution in [-0.4, -0.2) is 63.8 Å². The lowest BCUT2D eigenvalue weighted by Crippen LogP contribution is -2.62. The minimum absolute atomic E-state index is 0.0789. The minimum atomic E-state index is -1.64. The third kappa shape index (κ3) is 5.29. The predicted octanol–water partition coefficient (Wildman–Crippen LogP) is 3.23. The van der Waals surface area contributed by atoms with Crippen molar-refractivity contribution in [1.29, 1.82) is 0 Å². The van der Waals surface area contributed by atoms with E-state index >= 15 is 0 Å². The van der Waals surface area contributed by atoms with Gasteiger partial charge < -0.3 is 20.1 Å². The van der Waals surface area contributed by atoms with Gasteiger partial charge in [-0.15, -0.1) is 0 Å². The summed E-state index contributed by atoms with van der Waals surface area (Å²) in [5, 5.41) is 32.6. The van der Waals surface area contributed by atoms with Crippen LogP contribution in [-0.2, 0) is 0 Å². The monoisotopic (exact) mass is 447 g/mol. The average Bonchev–Trinajstić information content (AvgIpc) is 2.78. The fourth-order valence-corrected chi connectivity index (χ4v) is 5.00. The topological polar surface area (TPSA) is 73.2 Å². The SMILES string of the molecule is O[C@H]1CCN(CC2(O)CCC(c3ccccc3)CC2)C[C@]1(O)COc1cc(F)ccc1F. The maximum Gasteiger partial charge on any atom is 0.165 e. The van der Waals surface area contributed by atoms with Crippen LogP contribution in [0.15, 0.2) is 48.5 Å².